The first-order chi connectivity index (χ1) is 16.8. The van der Waals surface area contributed by atoms with Gasteiger partial charge in [0.1, 0.15) is 0 Å². The third-order valence-corrected chi connectivity index (χ3v) is 9.10. The SMILES string of the molecule is C1=NCCN=Cc2ccc(s2)Cc2ccc(s2)C=NCCN=Cc2ccc(s2)Cc2ccc1s2. The molecular formula is C26H24N4S4. The molecule has 0 unspecified atom stereocenters. The molecular weight excluding hydrogens is 497 g/mol. The Morgan fingerprint density at radius 1 is 0.382 bits per heavy atom. The molecule has 172 valence electrons. The van der Waals surface area contributed by atoms with Crippen molar-refractivity contribution >= 4 is 70.2 Å². The maximum absolute atomic E-state index is 4.56. The highest BCUT2D eigenvalue weighted by atomic mass is 32.1. The molecule has 0 spiro atoms. The Kier molecular flexibility index (Phi) is 8.03. The Labute approximate surface area is 215 Å². The number of hydrogen-bond donors (Lipinski definition) is 0. The molecule has 4 aromatic heterocycles. The van der Waals surface area contributed by atoms with Crippen LogP contribution in [0.3, 0.4) is 0 Å². The van der Waals surface area contributed by atoms with Crippen LogP contribution in [0.4, 0.5) is 0 Å². The van der Waals surface area contributed by atoms with Gasteiger partial charge in [0, 0.05) is 76.7 Å². The van der Waals surface area contributed by atoms with Gasteiger partial charge in [-0.2, -0.15) is 0 Å². The van der Waals surface area contributed by atoms with Gasteiger partial charge in [0.05, 0.1) is 26.2 Å². The molecule has 0 aliphatic carbocycles. The van der Waals surface area contributed by atoms with Crippen molar-refractivity contribution < 1.29 is 0 Å². The Bertz CT molecular complexity index is 1130. The van der Waals surface area contributed by atoms with Gasteiger partial charge in [-0.15, -0.1) is 45.3 Å². The second kappa shape index (κ2) is 11.8. The van der Waals surface area contributed by atoms with Crippen molar-refractivity contribution in [3.63, 3.8) is 0 Å². The van der Waals surface area contributed by atoms with E-state index in [0.29, 0.717) is 26.2 Å². The van der Waals surface area contributed by atoms with Gasteiger partial charge in [-0.25, -0.2) is 0 Å². The number of fused-ring (bicyclic) bond motifs is 8. The van der Waals surface area contributed by atoms with Gasteiger partial charge >= 0.3 is 0 Å². The lowest BCUT2D eigenvalue weighted by Crippen LogP contribution is -1.88. The van der Waals surface area contributed by atoms with Crippen LogP contribution in [-0.2, 0) is 12.8 Å². The molecule has 0 fully saturated rings. The first kappa shape index (κ1) is 23.2. The highest BCUT2D eigenvalue weighted by Crippen LogP contribution is 2.24. The van der Waals surface area contributed by atoms with Crippen LogP contribution in [0.2, 0.25) is 0 Å². The van der Waals surface area contributed by atoms with E-state index in [1.54, 1.807) is 45.3 Å². The van der Waals surface area contributed by atoms with Crippen molar-refractivity contribution in [3.05, 3.63) is 87.5 Å². The molecule has 0 amide bonds. The minimum atomic E-state index is 0.703. The summed E-state index contributed by atoms with van der Waals surface area (Å²) in [7, 11) is 0. The quantitative estimate of drug-likeness (QED) is 0.254. The summed E-state index contributed by atoms with van der Waals surface area (Å²) < 4.78 is 0. The number of thiophene rings is 4. The standard InChI is InChI=1S/C26H24N4S4/c1-5-23-15-27-9-10-28-17-25-7-3-21(33-25)14-22-4-8-26(34-22)18-30-12-11-29-16-24-6-2-20(32-24)13-19(1)31-23/h1-8,15-18H,9-14H2. The van der Waals surface area contributed by atoms with E-state index in [0.717, 1.165) is 12.8 Å². The van der Waals surface area contributed by atoms with Crippen LogP contribution < -0.4 is 0 Å². The van der Waals surface area contributed by atoms with Gasteiger partial charge in [0.25, 0.3) is 0 Å². The zero-order chi connectivity index (χ0) is 23.0. The summed E-state index contributed by atoms with van der Waals surface area (Å²) in [4.78, 5) is 28.4. The van der Waals surface area contributed by atoms with Crippen LogP contribution in [0.15, 0.2) is 68.5 Å². The van der Waals surface area contributed by atoms with Crippen molar-refractivity contribution in [3.8, 4) is 0 Å². The first-order valence-corrected chi connectivity index (χ1v) is 14.4. The maximum Gasteiger partial charge on any atom is 0.0585 e. The average Bonchev–Trinajstić information content (AvgIpc) is 3.63. The number of hydrogen-bond acceptors (Lipinski definition) is 8. The van der Waals surface area contributed by atoms with E-state index in [9.17, 15) is 0 Å². The maximum atomic E-state index is 4.56. The molecule has 1 aliphatic heterocycles. The largest absolute Gasteiger partial charge is 0.290 e. The molecule has 5 rings (SSSR count). The van der Waals surface area contributed by atoms with Crippen LogP contribution in [0.1, 0.15) is 39.0 Å². The third kappa shape index (κ3) is 6.76. The van der Waals surface area contributed by atoms with Crippen LogP contribution in [-0.4, -0.2) is 51.0 Å². The number of aliphatic imine (C=N–C) groups is 4. The molecule has 8 bridgehead atoms. The molecule has 8 heteroatoms. The summed E-state index contributed by atoms with van der Waals surface area (Å²) in [5, 5.41) is 0. The number of rotatable bonds is 0. The predicted molar refractivity (Wildman–Crippen MR) is 153 cm³/mol. The highest BCUT2D eigenvalue weighted by Gasteiger charge is 2.05. The number of nitrogens with zero attached hydrogens (tertiary/aromatic N) is 4. The van der Waals surface area contributed by atoms with Crippen molar-refractivity contribution in [2.75, 3.05) is 26.2 Å². The van der Waals surface area contributed by atoms with Crippen LogP contribution in [0, 0.1) is 0 Å². The van der Waals surface area contributed by atoms with E-state index in [-0.39, 0.29) is 0 Å². The van der Waals surface area contributed by atoms with Crippen molar-refractivity contribution in [2.45, 2.75) is 12.8 Å². The molecule has 4 nitrogen and oxygen atoms in total. The fourth-order valence-electron chi connectivity index (χ4n) is 3.43. The zero-order valence-corrected chi connectivity index (χ0v) is 21.9. The first-order valence-electron chi connectivity index (χ1n) is 11.1. The summed E-state index contributed by atoms with van der Waals surface area (Å²) in [6, 6.07) is 17.4. The summed E-state index contributed by atoms with van der Waals surface area (Å²) in [6.45, 7) is 2.81. The Balaban J connectivity index is 1.29. The van der Waals surface area contributed by atoms with Crippen LogP contribution >= 0.6 is 45.3 Å². The zero-order valence-electron chi connectivity index (χ0n) is 18.6. The summed E-state index contributed by atoms with van der Waals surface area (Å²) >= 11 is 7.21. The fourth-order valence-corrected chi connectivity index (χ4v) is 7.33. The third-order valence-electron chi connectivity index (χ3n) is 5.02. The van der Waals surface area contributed by atoms with Crippen molar-refractivity contribution in [2.24, 2.45) is 20.0 Å². The topological polar surface area (TPSA) is 49.4 Å². The van der Waals surface area contributed by atoms with Gasteiger partial charge in [-0.1, -0.05) is 0 Å². The highest BCUT2D eigenvalue weighted by molar-refractivity contribution is 7.15. The molecule has 0 N–H and O–H groups in total. The summed E-state index contributed by atoms with van der Waals surface area (Å²) in [6.07, 6.45) is 9.80. The normalized spacial score (nSPS) is 15.1. The van der Waals surface area contributed by atoms with Crippen molar-refractivity contribution in [1.29, 1.82) is 0 Å². The van der Waals surface area contributed by atoms with E-state index in [2.05, 4.69) is 68.5 Å². The molecule has 4 aromatic rings. The molecule has 0 radical (unpaired) electrons. The van der Waals surface area contributed by atoms with Crippen LogP contribution in [0.5, 0.6) is 0 Å². The molecule has 1 aliphatic rings. The summed E-state index contributed by atoms with van der Waals surface area (Å²) in [5.41, 5.74) is 0. The van der Waals surface area contributed by atoms with E-state index in [1.165, 1.54) is 39.0 Å². The lowest BCUT2D eigenvalue weighted by Gasteiger charge is -1.93. The van der Waals surface area contributed by atoms with Gasteiger partial charge in [0.2, 0.25) is 0 Å². The van der Waals surface area contributed by atoms with Crippen LogP contribution in [0.25, 0.3) is 0 Å². The summed E-state index contributed by atoms with van der Waals surface area (Å²) in [5.74, 6) is 0. The molecule has 0 saturated carbocycles. The monoisotopic (exact) mass is 520 g/mol. The fraction of sp³-hybridized carbons (Fsp3) is 0.231. The van der Waals surface area contributed by atoms with Crippen molar-refractivity contribution in [1.82, 2.24) is 0 Å². The molecule has 0 aromatic carbocycles. The Morgan fingerprint density at radius 2 is 0.647 bits per heavy atom. The van der Waals surface area contributed by atoms with Gasteiger partial charge in [-0.05, 0) is 48.5 Å². The van der Waals surface area contributed by atoms with E-state index >= 15 is 0 Å². The lowest BCUT2D eigenvalue weighted by atomic mass is 10.3. The van der Waals surface area contributed by atoms with Gasteiger partial charge in [-0.3, -0.25) is 20.0 Å². The second-order valence-corrected chi connectivity index (χ2v) is 12.5. The smallest absolute Gasteiger partial charge is 0.0585 e. The van der Waals surface area contributed by atoms with E-state index in [4.69, 9.17) is 0 Å². The second-order valence-electron chi connectivity index (χ2n) is 7.71. The van der Waals surface area contributed by atoms with Gasteiger partial charge in [0.15, 0.2) is 0 Å². The molecule has 34 heavy (non-hydrogen) atoms. The van der Waals surface area contributed by atoms with Gasteiger partial charge < -0.3 is 0 Å². The lowest BCUT2D eigenvalue weighted by molar-refractivity contribution is 0.986. The molecule has 5 heterocycles. The molecule has 0 saturated heterocycles. The Morgan fingerprint density at radius 3 is 0.912 bits per heavy atom. The molecule has 0 atom stereocenters. The van der Waals surface area contributed by atoms with E-state index < -0.39 is 0 Å². The minimum absolute atomic E-state index is 0.703. The Hall–Kier alpha value is -2.52. The minimum Gasteiger partial charge on any atom is -0.290 e. The predicted octanol–water partition coefficient (Wildman–Crippen LogP) is 6.50. The van der Waals surface area contributed by atoms with E-state index in [1.807, 2.05) is 24.9 Å². The average molecular weight is 521 g/mol.